The van der Waals surface area contributed by atoms with Crippen molar-refractivity contribution in [3.05, 3.63) is 42.0 Å². The first kappa shape index (κ1) is 15.6. The van der Waals surface area contributed by atoms with Crippen LogP contribution < -0.4 is 4.74 Å². The lowest BCUT2D eigenvalue weighted by Crippen LogP contribution is -2.14. The van der Waals surface area contributed by atoms with Crippen LogP contribution in [0.5, 0.6) is 5.75 Å². The maximum atomic E-state index is 12.7. The zero-order chi connectivity index (χ0) is 15.6. The molecule has 0 bridgehead atoms. The van der Waals surface area contributed by atoms with Crippen LogP contribution in [0.4, 0.5) is 0 Å². The quantitative estimate of drug-likeness (QED) is 0.852. The Morgan fingerprint density at radius 1 is 1.33 bits per heavy atom. The van der Waals surface area contributed by atoms with Gasteiger partial charge < -0.3 is 4.74 Å². The topological polar surface area (TPSA) is 61.2 Å². The zero-order valence-electron chi connectivity index (χ0n) is 12.7. The summed E-state index contributed by atoms with van der Waals surface area (Å²) in [4.78, 5) is 3.99. The highest BCUT2D eigenvalue weighted by Gasteiger charge is 2.23. The third-order valence-corrected chi connectivity index (χ3v) is 4.94. The lowest BCUT2D eigenvalue weighted by Gasteiger charge is -2.17. The molecule has 0 saturated heterocycles. The Morgan fingerprint density at radius 2 is 2.05 bits per heavy atom. The summed E-state index contributed by atoms with van der Waals surface area (Å²) in [7, 11) is -3.69. The van der Waals surface area contributed by atoms with Crippen LogP contribution in [0.2, 0.25) is 0 Å². The summed E-state index contributed by atoms with van der Waals surface area (Å²) in [6.07, 6.45) is 4.13. The molecule has 0 aliphatic heterocycles. The largest absolute Gasteiger partial charge is 0.492 e. The number of hydrogen-bond donors (Lipinski definition) is 0. The molecule has 0 aliphatic rings. The smallest absolute Gasteiger partial charge is 0.272 e. The molecule has 0 spiro atoms. The standard InChI is InChI=1S/C15H20N2O3S/c1-5-20-14-8-12(4)13(11(2)3)9-15(14)21(18,19)17-7-6-16-10-17/h6-11H,5H2,1-4H3. The van der Waals surface area contributed by atoms with E-state index in [1.807, 2.05) is 27.7 Å². The molecule has 6 heteroatoms. The molecule has 0 amide bonds. The van der Waals surface area contributed by atoms with Gasteiger partial charge in [-0.1, -0.05) is 13.8 Å². The highest BCUT2D eigenvalue weighted by atomic mass is 32.2. The predicted octanol–water partition coefficient (Wildman–Crippen LogP) is 2.95. The van der Waals surface area contributed by atoms with Crippen molar-refractivity contribution < 1.29 is 13.2 Å². The fraction of sp³-hybridized carbons (Fsp3) is 0.400. The fourth-order valence-corrected chi connectivity index (χ4v) is 3.54. The van der Waals surface area contributed by atoms with Crippen molar-refractivity contribution in [3.63, 3.8) is 0 Å². The fourth-order valence-electron chi connectivity index (χ4n) is 2.27. The van der Waals surface area contributed by atoms with Crippen molar-refractivity contribution >= 4 is 10.0 Å². The third-order valence-electron chi connectivity index (χ3n) is 3.29. The van der Waals surface area contributed by atoms with E-state index in [1.165, 1.54) is 18.7 Å². The Balaban J connectivity index is 2.68. The van der Waals surface area contributed by atoms with Crippen LogP contribution in [0.25, 0.3) is 0 Å². The van der Waals surface area contributed by atoms with Crippen LogP contribution in [0.15, 0.2) is 35.7 Å². The second-order valence-corrected chi connectivity index (χ2v) is 6.95. The summed E-state index contributed by atoms with van der Waals surface area (Å²) in [5.41, 5.74) is 2.02. The molecule has 1 aromatic heterocycles. The molecule has 0 atom stereocenters. The second-order valence-electron chi connectivity index (χ2n) is 5.14. The van der Waals surface area contributed by atoms with Gasteiger partial charge in [0.15, 0.2) is 0 Å². The van der Waals surface area contributed by atoms with Crippen molar-refractivity contribution in [3.8, 4) is 5.75 Å². The average Bonchev–Trinajstić information content (AvgIpc) is 2.93. The average molecular weight is 308 g/mol. The van der Waals surface area contributed by atoms with Gasteiger partial charge in [0.2, 0.25) is 0 Å². The highest BCUT2D eigenvalue weighted by Crippen LogP contribution is 2.32. The number of rotatable bonds is 5. The summed E-state index contributed by atoms with van der Waals surface area (Å²) >= 11 is 0. The summed E-state index contributed by atoms with van der Waals surface area (Å²) in [6.45, 7) is 8.28. The van der Waals surface area contributed by atoms with Crippen molar-refractivity contribution in [2.45, 2.75) is 38.5 Å². The monoisotopic (exact) mass is 308 g/mol. The van der Waals surface area contributed by atoms with Crippen molar-refractivity contribution in [2.75, 3.05) is 6.61 Å². The maximum Gasteiger partial charge on any atom is 0.272 e. The molecule has 2 aromatic rings. The lowest BCUT2D eigenvalue weighted by atomic mass is 9.98. The molecular weight excluding hydrogens is 288 g/mol. The third kappa shape index (κ3) is 2.95. The molecule has 5 nitrogen and oxygen atoms in total. The number of aromatic nitrogens is 2. The van der Waals surface area contributed by atoms with E-state index in [0.717, 1.165) is 15.1 Å². The Hall–Kier alpha value is -1.82. The Bertz CT molecular complexity index is 720. The van der Waals surface area contributed by atoms with E-state index in [0.29, 0.717) is 12.4 Å². The van der Waals surface area contributed by atoms with Gasteiger partial charge in [0.05, 0.1) is 6.61 Å². The molecule has 2 rings (SSSR count). The van der Waals surface area contributed by atoms with Gasteiger partial charge in [0.1, 0.15) is 17.0 Å². The van der Waals surface area contributed by atoms with Crippen molar-refractivity contribution in [1.29, 1.82) is 0 Å². The first-order valence-corrected chi connectivity index (χ1v) is 8.32. The number of nitrogens with zero attached hydrogens (tertiary/aromatic N) is 2. The minimum Gasteiger partial charge on any atom is -0.492 e. The molecule has 0 N–H and O–H groups in total. The SMILES string of the molecule is CCOc1cc(C)c(C(C)C)cc1S(=O)(=O)n1ccnc1. The first-order valence-electron chi connectivity index (χ1n) is 6.88. The van der Waals surface area contributed by atoms with E-state index in [2.05, 4.69) is 4.98 Å². The summed E-state index contributed by atoms with van der Waals surface area (Å²) < 4.78 is 32.1. The first-order chi connectivity index (χ1) is 9.87. The van der Waals surface area contributed by atoms with E-state index in [-0.39, 0.29) is 10.8 Å². The van der Waals surface area contributed by atoms with Crippen LogP contribution in [0.1, 0.15) is 37.8 Å². The van der Waals surface area contributed by atoms with Crippen molar-refractivity contribution in [1.82, 2.24) is 8.96 Å². The van der Waals surface area contributed by atoms with E-state index in [9.17, 15) is 8.42 Å². The molecule has 0 aliphatic carbocycles. The zero-order valence-corrected chi connectivity index (χ0v) is 13.5. The van der Waals surface area contributed by atoms with Gasteiger partial charge in [0, 0.05) is 12.4 Å². The molecule has 1 aromatic carbocycles. The van der Waals surface area contributed by atoms with E-state index in [4.69, 9.17) is 4.74 Å². The second kappa shape index (κ2) is 5.89. The van der Waals surface area contributed by atoms with Crippen LogP contribution >= 0.6 is 0 Å². The molecule has 21 heavy (non-hydrogen) atoms. The summed E-state index contributed by atoms with van der Waals surface area (Å²) in [5, 5.41) is 0. The summed E-state index contributed by atoms with van der Waals surface area (Å²) in [6, 6.07) is 3.50. The predicted molar refractivity (Wildman–Crippen MR) is 81.2 cm³/mol. The molecular formula is C15H20N2O3S. The van der Waals surface area contributed by atoms with Gasteiger partial charge in [-0.05, 0) is 43.0 Å². The van der Waals surface area contributed by atoms with E-state index < -0.39 is 10.0 Å². The minimum absolute atomic E-state index is 0.177. The number of hydrogen-bond acceptors (Lipinski definition) is 4. The molecule has 0 fully saturated rings. The molecule has 0 radical (unpaired) electrons. The van der Waals surface area contributed by atoms with E-state index in [1.54, 1.807) is 12.1 Å². The van der Waals surface area contributed by atoms with Crippen LogP contribution in [-0.4, -0.2) is 24.0 Å². The molecule has 0 unspecified atom stereocenters. The van der Waals surface area contributed by atoms with Gasteiger partial charge in [-0.2, -0.15) is 0 Å². The lowest BCUT2D eigenvalue weighted by molar-refractivity contribution is 0.330. The van der Waals surface area contributed by atoms with Gasteiger partial charge >= 0.3 is 0 Å². The number of benzene rings is 1. The number of imidazole rings is 1. The van der Waals surface area contributed by atoms with Crippen LogP contribution in [-0.2, 0) is 10.0 Å². The van der Waals surface area contributed by atoms with Gasteiger partial charge in [0.25, 0.3) is 10.0 Å². The highest BCUT2D eigenvalue weighted by molar-refractivity contribution is 7.90. The number of ether oxygens (including phenoxy) is 1. The molecule has 0 saturated carbocycles. The summed E-state index contributed by atoms with van der Waals surface area (Å²) in [5.74, 6) is 0.616. The van der Waals surface area contributed by atoms with Crippen LogP contribution in [0, 0.1) is 6.92 Å². The number of aryl methyl sites for hydroxylation is 1. The Labute approximate surface area is 125 Å². The van der Waals surface area contributed by atoms with Gasteiger partial charge in [-0.3, -0.25) is 0 Å². The maximum absolute atomic E-state index is 12.7. The van der Waals surface area contributed by atoms with Gasteiger partial charge in [-0.15, -0.1) is 0 Å². The Morgan fingerprint density at radius 3 is 2.57 bits per heavy atom. The Kier molecular flexibility index (Phi) is 4.37. The van der Waals surface area contributed by atoms with E-state index >= 15 is 0 Å². The molecule has 114 valence electrons. The normalized spacial score (nSPS) is 11.9. The van der Waals surface area contributed by atoms with Gasteiger partial charge in [-0.25, -0.2) is 17.4 Å². The van der Waals surface area contributed by atoms with Crippen molar-refractivity contribution in [2.24, 2.45) is 0 Å². The molecule has 1 heterocycles. The van der Waals surface area contributed by atoms with Crippen LogP contribution in [0.3, 0.4) is 0 Å². The minimum atomic E-state index is -3.69.